The van der Waals surface area contributed by atoms with Gasteiger partial charge in [0.25, 0.3) is 0 Å². The summed E-state index contributed by atoms with van der Waals surface area (Å²) >= 11 is 0. The van der Waals surface area contributed by atoms with Crippen molar-refractivity contribution in [3.63, 3.8) is 0 Å². The average molecular weight is 394 g/mol. The van der Waals surface area contributed by atoms with E-state index in [2.05, 4.69) is 65.6 Å². The van der Waals surface area contributed by atoms with Crippen molar-refractivity contribution in [2.24, 2.45) is 5.92 Å². The highest BCUT2D eigenvalue weighted by Gasteiger charge is 2.40. The number of hydrogen-bond acceptors (Lipinski definition) is 3. The summed E-state index contributed by atoms with van der Waals surface area (Å²) in [5, 5.41) is 10.5. The van der Waals surface area contributed by atoms with Gasteiger partial charge in [-0.3, -0.25) is 4.90 Å². The van der Waals surface area contributed by atoms with Gasteiger partial charge >= 0.3 is 0 Å². The van der Waals surface area contributed by atoms with Crippen LogP contribution >= 0.6 is 0 Å². The number of aliphatic hydroxyl groups is 1. The van der Waals surface area contributed by atoms with Gasteiger partial charge in [0.1, 0.15) is 0 Å². The third-order valence-electron chi connectivity index (χ3n) is 6.69. The Morgan fingerprint density at radius 1 is 0.828 bits per heavy atom. The topological polar surface area (TPSA) is 32.7 Å². The van der Waals surface area contributed by atoms with Crippen LogP contribution in [0.15, 0.2) is 60.7 Å². The molecular weight excluding hydrogens is 358 g/mol. The molecule has 0 aliphatic heterocycles. The molecule has 0 spiro atoms. The van der Waals surface area contributed by atoms with Crippen molar-refractivity contribution in [3.8, 4) is 0 Å². The van der Waals surface area contributed by atoms with Crippen molar-refractivity contribution in [1.29, 1.82) is 0 Å². The standard InChI is InChI=1S/C26H35NO2/c1-26(28,23-12-13-23)20-29-25-16-14-24(15-17-25)27(18-21-8-4-2-5-9-21)19-22-10-6-3-7-11-22/h2-11,23-25,28H,12-20H2,1H3. The number of hydrogen-bond donors (Lipinski definition) is 1. The summed E-state index contributed by atoms with van der Waals surface area (Å²) in [7, 11) is 0. The molecule has 1 unspecified atom stereocenters. The molecular formula is C26H35NO2. The van der Waals surface area contributed by atoms with Crippen LogP contribution in [0.1, 0.15) is 56.6 Å². The minimum atomic E-state index is -0.635. The summed E-state index contributed by atoms with van der Waals surface area (Å²) in [4.78, 5) is 2.64. The van der Waals surface area contributed by atoms with E-state index in [1.54, 1.807) is 0 Å². The molecule has 0 saturated heterocycles. The SMILES string of the molecule is CC(O)(COC1CCC(N(Cc2ccccc2)Cc2ccccc2)CC1)C1CC1. The number of nitrogens with zero attached hydrogens (tertiary/aromatic N) is 1. The number of benzene rings is 2. The number of ether oxygens (including phenoxy) is 1. The molecule has 3 nitrogen and oxygen atoms in total. The van der Waals surface area contributed by atoms with E-state index in [1.165, 1.54) is 11.1 Å². The van der Waals surface area contributed by atoms with Crippen LogP contribution in [0.2, 0.25) is 0 Å². The second kappa shape index (κ2) is 9.42. The fraction of sp³-hybridized carbons (Fsp3) is 0.538. The molecule has 1 N–H and O–H groups in total. The molecule has 156 valence electrons. The quantitative estimate of drug-likeness (QED) is 0.637. The van der Waals surface area contributed by atoms with E-state index in [1.807, 2.05) is 6.92 Å². The Hall–Kier alpha value is -1.68. The van der Waals surface area contributed by atoms with Crippen LogP contribution in [0.3, 0.4) is 0 Å². The maximum atomic E-state index is 10.5. The minimum Gasteiger partial charge on any atom is -0.387 e. The molecule has 0 heterocycles. The van der Waals surface area contributed by atoms with Crippen molar-refractivity contribution in [1.82, 2.24) is 4.90 Å². The normalized spacial score (nSPS) is 24.4. The van der Waals surface area contributed by atoms with Crippen LogP contribution in [0.4, 0.5) is 0 Å². The molecule has 2 aromatic carbocycles. The van der Waals surface area contributed by atoms with Crippen LogP contribution in [0.5, 0.6) is 0 Å². The van der Waals surface area contributed by atoms with E-state index >= 15 is 0 Å². The van der Waals surface area contributed by atoms with Crippen molar-refractivity contribution >= 4 is 0 Å². The fourth-order valence-corrected chi connectivity index (χ4v) is 4.64. The predicted octanol–water partition coefficient (Wildman–Crippen LogP) is 5.18. The highest BCUT2D eigenvalue weighted by molar-refractivity contribution is 5.17. The summed E-state index contributed by atoms with van der Waals surface area (Å²) in [5.74, 6) is 0.450. The third-order valence-corrected chi connectivity index (χ3v) is 6.69. The summed E-state index contributed by atoms with van der Waals surface area (Å²) in [5.41, 5.74) is 2.12. The Bertz CT molecular complexity index is 692. The van der Waals surface area contributed by atoms with Gasteiger partial charge < -0.3 is 9.84 Å². The summed E-state index contributed by atoms with van der Waals surface area (Å²) in [6.07, 6.45) is 7.10. The van der Waals surface area contributed by atoms with Gasteiger partial charge in [0, 0.05) is 19.1 Å². The van der Waals surface area contributed by atoms with E-state index in [0.29, 0.717) is 24.7 Å². The highest BCUT2D eigenvalue weighted by atomic mass is 16.5. The van der Waals surface area contributed by atoms with Crippen molar-refractivity contribution in [3.05, 3.63) is 71.8 Å². The predicted molar refractivity (Wildman–Crippen MR) is 117 cm³/mol. The second-order valence-corrected chi connectivity index (χ2v) is 9.25. The van der Waals surface area contributed by atoms with Crippen LogP contribution in [-0.4, -0.2) is 34.4 Å². The van der Waals surface area contributed by atoms with Gasteiger partial charge in [-0.2, -0.15) is 0 Å². The lowest BCUT2D eigenvalue weighted by molar-refractivity contribution is -0.0872. The molecule has 0 bridgehead atoms. The molecule has 29 heavy (non-hydrogen) atoms. The van der Waals surface area contributed by atoms with Crippen LogP contribution in [-0.2, 0) is 17.8 Å². The molecule has 2 aromatic rings. The molecule has 4 rings (SSSR count). The zero-order valence-electron chi connectivity index (χ0n) is 17.7. The molecule has 2 saturated carbocycles. The van der Waals surface area contributed by atoms with Crippen molar-refractivity contribution in [2.75, 3.05) is 6.61 Å². The molecule has 0 aromatic heterocycles. The Labute approximate surface area is 175 Å². The van der Waals surface area contributed by atoms with Crippen molar-refractivity contribution < 1.29 is 9.84 Å². The molecule has 2 fully saturated rings. The molecule has 2 aliphatic rings. The Balaban J connectivity index is 1.34. The monoisotopic (exact) mass is 393 g/mol. The molecule has 1 atom stereocenters. The van der Waals surface area contributed by atoms with Gasteiger partial charge in [0.2, 0.25) is 0 Å². The lowest BCUT2D eigenvalue weighted by Crippen LogP contribution is -2.40. The van der Waals surface area contributed by atoms with Crippen LogP contribution < -0.4 is 0 Å². The first-order chi connectivity index (χ1) is 14.1. The molecule has 0 amide bonds. The largest absolute Gasteiger partial charge is 0.387 e. The molecule has 3 heteroatoms. The smallest absolute Gasteiger partial charge is 0.0880 e. The van der Waals surface area contributed by atoms with E-state index in [4.69, 9.17) is 4.74 Å². The summed E-state index contributed by atoms with van der Waals surface area (Å²) in [6, 6.07) is 22.2. The van der Waals surface area contributed by atoms with Gasteiger partial charge in [0.15, 0.2) is 0 Å². The first-order valence-corrected chi connectivity index (χ1v) is 11.3. The van der Waals surface area contributed by atoms with Gasteiger partial charge in [0.05, 0.1) is 18.3 Å². The van der Waals surface area contributed by atoms with Gasteiger partial charge in [-0.15, -0.1) is 0 Å². The molecule has 0 radical (unpaired) electrons. The Kier molecular flexibility index (Phi) is 6.69. The minimum absolute atomic E-state index is 0.298. The van der Waals surface area contributed by atoms with Crippen LogP contribution in [0.25, 0.3) is 0 Å². The third kappa shape index (κ3) is 5.91. The zero-order valence-corrected chi connectivity index (χ0v) is 17.7. The zero-order chi connectivity index (χ0) is 20.1. The first kappa shape index (κ1) is 20.6. The van der Waals surface area contributed by atoms with Gasteiger partial charge in [-0.1, -0.05) is 60.7 Å². The average Bonchev–Trinajstić information content (AvgIpc) is 3.60. The maximum Gasteiger partial charge on any atom is 0.0880 e. The van der Waals surface area contributed by atoms with E-state index in [9.17, 15) is 5.11 Å². The first-order valence-electron chi connectivity index (χ1n) is 11.3. The van der Waals surface area contributed by atoms with Gasteiger partial charge in [-0.25, -0.2) is 0 Å². The lowest BCUT2D eigenvalue weighted by Gasteiger charge is -2.38. The fourth-order valence-electron chi connectivity index (χ4n) is 4.64. The summed E-state index contributed by atoms with van der Waals surface area (Å²) in [6.45, 7) is 4.41. The van der Waals surface area contributed by atoms with Gasteiger partial charge in [-0.05, 0) is 62.5 Å². The Morgan fingerprint density at radius 2 is 1.34 bits per heavy atom. The van der Waals surface area contributed by atoms with E-state index in [-0.39, 0.29) is 0 Å². The second-order valence-electron chi connectivity index (χ2n) is 9.25. The maximum absolute atomic E-state index is 10.5. The van der Waals surface area contributed by atoms with Crippen molar-refractivity contribution in [2.45, 2.75) is 76.3 Å². The lowest BCUT2D eigenvalue weighted by atomic mass is 9.91. The summed E-state index contributed by atoms with van der Waals surface area (Å²) < 4.78 is 6.15. The molecule has 2 aliphatic carbocycles. The van der Waals surface area contributed by atoms with E-state index in [0.717, 1.165) is 51.6 Å². The number of rotatable bonds is 9. The highest BCUT2D eigenvalue weighted by Crippen LogP contribution is 2.40. The Morgan fingerprint density at radius 3 is 1.83 bits per heavy atom. The van der Waals surface area contributed by atoms with Crippen LogP contribution in [0, 0.1) is 5.92 Å². The van der Waals surface area contributed by atoms with E-state index < -0.39 is 5.60 Å².